The summed E-state index contributed by atoms with van der Waals surface area (Å²) in [5.74, 6) is -1.44. The lowest BCUT2D eigenvalue weighted by atomic mass is 9.45. The number of carbonyl (C=O) groups excluding carboxylic acids is 3. The molecule has 1 spiro atoms. The van der Waals surface area contributed by atoms with Crippen LogP contribution in [0.4, 0.5) is 0 Å². The number of ether oxygens (including phenoxy) is 3. The van der Waals surface area contributed by atoms with Gasteiger partial charge >= 0.3 is 17.9 Å². The van der Waals surface area contributed by atoms with Crippen molar-refractivity contribution in [3.8, 4) is 0 Å². The van der Waals surface area contributed by atoms with E-state index in [1.54, 1.807) is 38.5 Å². The maximum Gasteiger partial charge on any atom is 0.333 e. The molecule has 3 heterocycles. The molecule has 2 bridgehead atoms. The molecule has 2 aliphatic carbocycles. The molecular formula is C25H30O7. The van der Waals surface area contributed by atoms with Gasteiger partial charge in [-0.05, 0) is 46.1 Å². The molecule has 0 unspecified atom stereocenters. The first kappa shape index (κ1) is 21.3. The van der Waals surface area contributed by atoms with Gasteiger partial charge in [-0.3, -0.25) is 9.59 Å². The number of carbonyl (C=O) groups is 3. The van der Waals surface area contributed by atoms with Crippen molar-refractivity contribution in [1.29, 1.82) is 0 Å². The minimum Gasteiger partial charge on any atom is -0.472 e. The van der Waals surface area contributed by atoms with Crippen molar-refractivity contribution in [2.24, 2.45) is 22.2 Å². The molecule has 2 saturated carbocycles. The van der Waals surface area contributed by atoms with E-state index >= 15 is 0 Å². The number of rotatable bonds is 3. The zero-order valence-electron chi connectivity index (χ0n) is 19.2. The Hall–Kier alpha value is -2.57. The van der Waals surface area contributed by atoms with Gasteiger partial charge in [-0.2, -0.15) is 0 Å². The van der Waals surface area contributed by atoms with Crippen LogP contribution < -0.4 is 0 Å². The standard InChI is InChI=1S/C25H30O7/c1-6-14(2)19(26)30-17-11-23(5)22(4)8-9-25(23,32-20(22)27)24(15(17)3)12-18(31-21(24)28)16-7-10-29-13-16/h6-7,10,13,15,17-18H,8-9,11-12H2,1-5H3/b14-6-/t15-,17+,18-,22+,23-,24+,25+/m1/s1. The molecule has 1 aromatic rings. The highest BCUT2D eigenvalue weighted by Crippen LogP contribution is 2.78. The molecule has 32 heavy (non-hydrogen) atoms. The topological polar surface area (TPSA) is 92.0 Å². The summed E-state index contributed by atoms with van der Waals surface area (Å²) in [7, 11) is 0. The second-order valence-electron chi connectivity index (χ2n) is 10.4. The Morgan fingerprint density at radius 2 is 1.94 bits per heavy atom. The third kappa shape index (κ3) is 2.20. The van der Waals surface area contributed by atoms with E-state index in [-0.39, 0.29) is 17.9 Å². The highest BCUT2D eigenvalue weighted by atomic mass is 16.6. The second-order valence-corrected chi connectivity index (χ2v) is 10.4. The first-order chi connectivity index (χ1) is 15.1. The SMILES string of the molecule is C/C=C(/C)C(=O)O[C@H]1C[C@@]2(C)[C@@]3(CC[C@@]2(C)C(=O)O3)[C@@]2(C[C@H](c3ccoc3)OC2=O)[C@@H]1C. The van der Waals surface area contributed by atoms with Crippen molar-refractivity contribution < 1.29 is 33.0 Å². The first-order valence-electron chi connectivity index (χ1n) is 11.4. The van der Waals surface area contributed by atoms with Gasteiger partial charge < -0.3 is 18.6 Å². The van der Waals surface area contributed by atoms with Crippen molar-refractivity contribution in [2.45, 2.75) is 78.1 Å². The Morgan fingerprint density at radius 3 is 2.56 bits per heavy atom. The molecule has 5 rings (SSSR count). The monoisotopic (exact) mass is 442 g/mol. The third-order valence-electron chi connectivity index (χ3n) is 9.52. The van der Waals surface area contributed by atoms with Gasteiger partial charge in [0, 0.05) is 28.9 Å². The van der Waals surface area contributed by atoms with Crippen LogP contribution >= 0.6 is 0 Å². The lowest BCUT2D eigenvalue weighted by molar-refractivity contribution is -0.227. The van der Waals surface area contributed by atoms with Crippen molar-refractivity contribution >= 4 is 17.9 Å². The van der Waals surface area contributed by atoms with Crippen LogP contribution in [0.5, 0.6) is 0 Å². The van der Waals surface area contributed by atoms with Gasteiger partial charge in [-0.1, -0.05) is 19.9 Å². The van der Waals surface area contributed by atoms with Crippen molar-refractivity contribution in [3.63, 3.8) is 0 Å². The Balaban J connectivity index is 1.65. The lowest BCUT2D eigenvalue weighted by Gasteiger charge is -2.57. The summed E-state index contributed by atoms with van der Waals surface area (Å²) in [5.41, 5.74) is -2.22. The maximum atomic E-state index is 13.8. The Kier molecular flexibility index (Phi) is 4.31. The molecule has 4 fully saturated rings. The molecule has 1 aromatic heterocycles. The van der Waals surface area contributed by atoms with Gasteiger partial charge in [-0.15, -0.1) is 0 Å². The molecular weight excluding hydrogens is 412 g/mol. The van der Waals surface area contributed by atoms with E-state index in [1.807, 2.05) is 20.8 Å². The van der Waals surface area contributed by atoms with Gasteiger partial charge in [0.25, 0.3) is 0 Å². The first-order valence-corrected chi connectivity index (χ1v) is 11.4. The minimum absolute atomic E-state index is 0.269. The van der Waals surface area contributed by atoms with E-state index in [2.05, 4.69) is 0 Å². The van der Waals surface area contributed by atoms with E-state index in [1.165, 1.54) is 0 Å². The molecule has 0 amide bonds. The number of esters is 3. The molecule has 0 radical (unpaired) electrons. The molecule has 0 N–H and O–H groups in total. The van der Waals surface area contributed by atoms with E-state index in [9.17, 15) is 14.4 Å². The van der Waals surface area contributed by atoms with Gasteiger partial charge in [0.15, 0.2) is 0 Å². The number of allylic oxidation sites excluding steroid dienone is 1. The number of cyclic esters (lactones) is 1. The molecule has 7 nitrogen and oxygen atoms in total. The summed E-state index contributed by atoms with van der Waals surface area (Å²) in [6.45, 7) is 9.38. The average Bonchev–Trinajstić information content (AvgIpc) is 3.48. The van der Waals surface area contributed by atoms with Crippen LogP contribution in [0, 0.1) is 22.2 Å². The largest absolute Gasteiger partial charge is 0.472 e. The Labute approximate surface area is 187 Å². The predicted molar refractivity (Wildman–Crippen MR) is 112 cm³/mol. The van der Waals surface area contributed by atoms with Crippen LogP contribution in [0.15, 0.2) is 34.7 Å². The zero-order chi connectivity index (χ0) is 23.1. The maximum absolute atomic E-state index is 13.8. The normalized spacial score (nSPS) is 45.0. The van der Waals surface area contributed by atoms with Crippen LogP contribution in [0.2, 0.25) is 0 Å². The van der Waals surface area contributed by atoms with Gasteiger partial charge in [0.2, 0.25) is 0 Å². The van der Waals surface area contributed by atoms with Crippen LogP contribution in [-0.4, -0.2) is 29.6 Å². The molecule has 172 valence electrons. The Bertz CT molecular complexity index is 1030. The fourth-order valence-corrected chi connectivity index (χ4v) is 7.14. The van der Waals surface area contributed by atoms with E-state index in [0.717, 1.165) is 5.56 Å². The van der Waals surface area contributed by atoms with Crippen molar-refractivity contribution in [1.82, 2.24) is 0 Å². The van der Waals surface area contributed by atoms with Gasteiger partial charge in [0.05, 0.1) is 17.9 Å². The summed E-state index contributed by atoms with van der Waals surface area (Å²) >= 11 is 0. The molecule has 2 aliphatic heterocycles. The van der Waals surface area contributed by atoms with Crippen molar-refractivity contribution in [3.05, 3.63) is 35.8 Å². The van der Waals surface area contributed by atoms with E-state index in [0.29, 0.717) is 31.3 Å². The molecule has 7 atom stereocenters. The van der Waals surface area contributed by atoms with Gasteiger partial charge in [0.1, 0.15) is 23.2 Å². The van der Waals surface area contributed by atoms with Crippen LogP contribution in [0.1, 0.15) is 72.0 Å². The van der Waals surface area contributed by atoms with Gasteiger partial charge in [-0.25, -0.2) is 4.79 Å². The highest BCUT2D eigenvalue weighted by Gasteiger charge is 2.86. The minimum atomic E-state index is -1.11. The third-order valence-corrected chi connectivity index (χ3v) is 9.52. The smallest absolute Gasteiger partial charge is 0.333 e. The average molecular weight is 443 g/mol. The number of hydrogen-bond donors (Lipinski definition) is 0. The summed E-state index contributed by atoms with van der Waals surface area (Å²) in [6, 6.07) is 1.79. The lowest BCUT2D eigenvalue weighted by Crippen LogP contribution is -2.67. The molecule has 7 heteroatoms. The summed E-state index contributed by atoms with van der Waals surface area (Å²) in [5, 5.41) is 0. The number of furan rings is 1. The molecule has 2 saturated heterocycles. The molecule has 0 aromatic carbocycles. The molecule has 4 aliphatic rings. The fourth-order valence-electron chi connectivity index (χ4n) is 7.14. The summed E-state index contributed by atoms with van der Waals surface area (Å²) in [4.78, 5) is 39.7. The van der Waals surface area contributed by atoms with Crippen LogP contribution in [-0.2, 0) is 28.6 Å². The Morgan fingerprint density at radius 1 is 1.19 bits per heavy atom. The van der Waals surface area contributed by atoms with E-state index < -0.39 is 40.0 Å². The summed E-state index contributed by atoms with van der Waals surface area (Å²) < 4.78 is 23.3. The number of hydrogen-bond acceptors (Lipinski definition) is 7. The van der Waals surface area contributed by atoms with Crippen LogP contribution in [0.3, 0.4) is 0 Å². The fraction of sp³-hybridized carbons (Fsp3) is 0.640. The van der Waals surface area contributed by atoms with Crippen LogP contribution in [0.25, 0.3) is 0 Å². The summed E-state index contributed by atoms with van der Waals surface area (Å²) in [6.07, 6.45) is 5.83. The second kappa shape index (κ2) is 6.49. The van der Waals surface area contributed by atoms with E-state index in [4.69, 9.17) is 18.6 Å². The quantitative estimate of drug-likeness (QED) is 0.392. The zero-order valence-corrected chi connectivity index (χ0v) is 19.2. The predicted octanol–water partition coefficient (Wildman–Crippen LogP) is 4.27. The van der Waals surface area contributed by atoms with Crippen molar-refractivity contribution in [2.75, 3.05) is 0 Å². The highest BCUT2D eigenvalue weighted by molar-refractivity contribution is 5.90.